The van der Waals surface area contributed by atoms with Gasteiger partial charge in [0.15, 0.2) is 0 Å². The standard InChI is InChI=1S/C15H24N2O2Si/c1-6-7-14(20(3,4)5)17-15(18)16-12-8-10-13(19-2)11-9-12/h6-11,14H,1-5H3,(H2,16,17,18)/b7-6+/t14-/m1/s1. The first kappa shape index (κ1) is 16.3. The van der Waals surface area contributed by atoms with E-state index in [0.29, 0.717) is 0 Å². The molecular formula is C15H24N2O2Si. The number of carbonyl (C=O) groups is 1. The molecule has 0 aromatic heterocycles. The molecule has 0 aliphatic carbocycles. The van der Waals surface area contributed by atoms with Crippen molar-refractivity contribution < 1.29 is 9.53 Å². The summed E-state index contributed by atoms with van der Waals surface area (Å²) >= 11 is 0. The lowest BCUT2D eigenvalue weighted by Crippen LogP contribution is -2.50. The van der Waals surface area contributed by atoms with Crippen molar-refractivity contribution in [3.63, 3.8) is 0 Å². The van der Waals surface area contributed by atoms with Crippen molar-refractivity contribution in [3.8, 4) is 5.75 Å². The molecule has 0 radical (unpaired) electrons. The Kier molecular flexibility index (Phi) is 5.82. The van der Waals surface area contributed by atoms with Crippen LogP contribution in [0.15, 0.2) is 36.4 Å². The quantitative estimate of drug-likeness (QED) is 0.643. The summed E-state index contributed by atoms with van der Waals surface area (Å²) < 4.78 is 5.08. The van der Waals surface area contributed by atoms with Crippen molar-refractivity contribution in [2.24, 2.45) is 0 Å². The molecule has 0 spiro atoms. The summed E-state index contributed by atoms with van der Waals surface area (Å²) in [6, 6.07) is 7.09. The molecule has 1 rings (SSSR count). The van der Waals surface area contributed by atoms with Crippen LogP contribution < -0.4 is 15.4 Å². The van der Waals surface area contributed by atoms with E-state index in [2.05, 4.69) is 36.4 Å². The van der Waals surface area contributed by atoms with Gasteiger partial charge in [0.1, 0.15) is 5.75 Å². The first-order valence-corrected chi connectivity index (χ1v) is 10.3. The van der Waals surface area contributed by atoms with E-state index in [9.17, 15) is 4.79 Å². The van der Waals surface area contributed by atoms with E-state index in [0.717, 1.165) is 11.4 Å². The van der Waals surface area contributed by atoms with Crippen LogP contribution in [0.3, 0.4) is 0 Å². The Labute approximate surface area is 122 Å². The summed E-state index contributed by atoms with van der Waals surface area (Å²) in [5, 5.41) is 5.87. The van der Waals surface area contributed by atoms with E-state index in [4.69, 9.17) is 4.74 Å². The molecule has 110 valence electrons. The van der Waals surface area contributed by atoms with Gasteiger partial charge < -0.3 is 15.4 Å². The number of carbonyl (C=O) groups excluding carboxylic acids is 1. The predicted octanol–water partition coefficient (Wildman–Crippen LogP) is 3.64. The van der Waals surface area contributed by atoms with E-state index in [1.807, 2.05) is 37.3 Å². The van der Waals surface area contributed by atoms with Gasteiger partial charge in [-0.05, 0) is 31.2 Å². The monoisotopic (exact) mass is 292 g/mol. The first-order valence-electron chi connectivity index (χ1n) is 6.71. The molecule has 4 nitrogen and oxygen atoms in total. The Hall–Kier alpha value is -1.75. The van der Waals surface area contributed by atoms with Gasteiger partial charge in [-0.1, -0.05) is 31.8 Å². The van der Waals surface area contributed by atoms with Crippen molar-refractivity contribution in [3.05, 3.63) is 36.4 Å². The fourth-order valence-corrected chi connectivity index (χ4v) is 3.06. The highest BCUT2D eigenvalue weighted by Gasteiger charge is 2.25. The Morgan fingerprint density at radius 2 is 1.85 bits per heavy atom. The number of rotatable bonds is 5. The highest BCUT2D eigenvalue weighted by molar-refractivity contribution is 6.78. The van der Waals surface area contributed by atoms with Crippen LogP contribution in [0, 0.1) is 0 Å². The van der Waals surface area contributed by atoms with Crippen LogP contribution in [0.1, 0.15) is 6.92 Å². The molecule has 0 fully saturated rings. The fourth-order valence-electron chi connectivity index (χ4n) is 1.73. The van der Waals surface area contributed by atoms with Gasteiger partial charge >= 0.3 is 6.03 Å². The molecule has 2 amide bonds. The first-order chi connectivity index (χ1) is 9.36. The van der Waals surface area contributed by atoms with Gasteiger partial charge in [-0.25, -0.2) is 4.79 Å². The van der Waals surface area contributed by atoms with Crippen LogP contribution in [0.5, 0.6) is 5.75 Å². The number of ether oxygens (including phenoxy) is 1. The molecule has 0 aliphatic heterocycles. The number of methoxy groups -OCH3 is 1. The molecule has 1 aromatic carbocycles. The minimum absolute atomic E-state index is 0.116. The third-order valence-electron chi connectivity index (χ3n) is 2.95. The molecule has 1 aromatic rings. The summed E-state index contributed by atoms with van der Waals surface area (Å²) in [6.45, 7) is 8.65. The molecule has 20 heavy (non-hydrogen) atoms. The molecule has 0 aliphatic rings. The summed E-state index contributed by atoms with van der Waals surface area (Å²) in [6.07, 6.45) is 4.04. The number of anilines is 1. The number of hydrogen-bond donors (Lipinski definition) is 2. The third kappa shape index (κ3) is 5.09. The van der Waals surface area contributed by atoms with Crippen molar-refractivity contribution in [2.75, 3.05) is 12.4 Å². The largest absolute Gasteiger partial charge is 0.497 e. The van der Waals surface area contributed by atoms with E-state index >= 15 is 0 Å². The summed E-state index contributed by atoms with van der Waals surface area (Å²) in [7, 11) is 0.135. The third-order valence-corrected chi connectivity index (χ3v) is 5.16. The van der Waals surface area contributed by atoms with Gasteiger partial charge in [0.05, 0.1) is 15.2 Å². The summed E-state index contributed by atoms with van der Waals surface area (Å²) in [5.41, 5.74) is 0.865. The van der Waals surface area contributed by atoms with Crippen molar-refractivity contribution in [2.45, 2.75) is 32.2 Å². The second-order valence-corrected chi connectivity index (χ2v) is 11.1. The minimum atomic E-state index is -1.48. The number of amides is 2. The van der Waals surface area contributed by atoms with Crippen LogP contribution in [-0.2, 0) is 0 Å². The van der Waals surface area contributed by atoms with Crippen LogP contribution in [-0.4, -0.2) is 26.9 Å². The predicted molar refractivity (Wildman–Crippen MR) is 87.1 cm³/mol. The molecule has 0 bridgehead atoms. The van der Waals surface area contributed by atoms with Crippen LogP contribution in [0.25, 0.3) is 0 Å². The zero-order valence-corrected chi connectivity index (χ0v) is 13.9. The molecule has 2 N–H and O–H groups in total. The normalized spacial score (nSPS) is 13.1. The SMILES string of the molecule is C/C=C/[C@H](NC(=O)Nc1ccc(OC)cc1)[Si](C)(C)C. The van der Waals surface area contributed by atoms with Crippen LogP contribution >= 0.6 is 0 Å². The zero-order chi connectivity index (χ0) is 15.2. The molecule has 1 atom stereocenters. The molecule has 5 heteroatoms. The number of hydrogen-bond acceptors (Lipinski definition) is 2. The topological polar surface area (TPSA) is 50.4 Å². The average Bonchev–Trinajstić information content (AvgIpc) is 2.38. The Morgan fingerprint density at radius 3 is 2.30 bits per heavy atom. The lowest BCUT2D eigenvalue weighted by Gasteiger charge is -2.27. The van der Waals surface area contributed by atoms with Gasteiger partial charge in [0.25, 0.3) is 0 Å². The minimum Gasteiger partial charge on any atom is -0.497 e. The highest BCUT2D eigenvalue weighted by Crippen LogP contribution is 2.15. The number of urea groups is 1. The van der Waals surface area contributed by atoms with Crippen LogP contribution in [0.2, 0.25) is 19.6 Å². The molecular weight excluding hydrogens is 268 g/mol. The number of allylic oxidation sites excluding steroid dienone is 1. The Morgan fingerprint density at radius 1 is 1.25 bits per heavy atom. The number of nitrogens with one attached hydrogen (secondary N) is 2. The molecule has 0 saturated heterocycles. The Bertz CT molecular complexity index is 464. The average molecular weight is 292 g/mol. The number of benzene rings is 1. The second kappa shape index (κ2) is 7.14. The summed E-state index contributed by atoms with van der Waals surface area (Å²) in [5.74, 6) is 0.768. The van der Waals surface area contributed by atoms with Crippen LogP contribution in [0.4, 0.5) is 10.5 Å². The maximum Gasteiger partial charge on any atom is 0.319 e. The maximum atomic E-state index is 12.0. The van der Waals surface area contributed by atoms with E-state index in [-0.39, 0.29) is 11.7 Å². The van der Waals surface area contributed by atoms with Gasteiger partial charge in [-0.2, -0.15) is 0 Å². The Balaban J connectivity index is 2.65. The maximum absolute atomic E-state index is 12.0. The smallest absolute Gasteiger partial charge is 0.319 e. The molecule has 0 heterocycles. The van der Waals surface area contributed by atoms with E-state index in [1.54, 1.807) is 7.11 Å². The van der Waals surface area contributed by atoms with Gasteiger partial charge in [0.2, 0.25) is 0 Å². The summed E-state index contributed by atoms with van der Waals surface area (Å²) in [4.78, 5) is 12.0. The molecule has 0 unspecified atom stereocenters. The van der Waals surface area contributed by atoms with Crippen molar-refractivity contribution in [1.82, 2.24) is 5.32 Å². The second-order valence-electron chi connectivity index (χ2n) is 5.70. The fraction of sp³-hybridized carbons (Fsp3) is 0.400. The molecule has 0 saturated carbocycles. The van der Waals surface area contributed by atoms with Crippen molar-refractivity contribution in [1.29, 1.82) is 0 Å². The lowest BCUT2D eigenvalue weighted by atomic mass is 10.3. The van der Waals surface area contributed by atoms with Gasteiger partial charge in [-0.15, -0.1) is 0 Å². The van der Waals surface area contributed by atoms with E-state index < -0.39 is 8.07 Å². The zero-order valence-electron chi connectivity index (χ0n) is 12.9. The highest BCUT2D eigenvalue weighted by atomic mass is 28.3. The van der Waals surface area contributed by atoms with Gasteiger partial charge in [0, 0.05) is 11.4 Å². The van der Waals surface area contributed by atoms with Gasteiger partial charge in [-0.3, -0.25) is 0 Å². The lowest BCUT2D eigenvalue weighted by molar-refractivity contribution is 0.252. The van der Waals surface area contributed by atoms with Crippen molar-refractivity contribution >= 4 is 19.8 Å². The van der Waals surface area contributed by atoms with E-state index in [1.165, 1.54) is 0 Å².